The molecule has 0 aromatic carbocycles. The maximum atomic E-state index is 13.5. The van der Waals surface area contributed by atoms with E-state index in [0.717, 1.165) is 13.0 Å². The third kappa shape index (κ3) is 2.66. The summed E-state index contributed by atoms with van der Waals surface area (Å²) in [6.45, 7) is 3.41. The van der Waals surface area contributed by atoms with E-state index in [1.165, 1.54) is 19.2 Å². The Bertz CT molecular complexity index is 350. The van der Waals surface area contributed by atoms with Crippen molar-refractivity contribution >= 4 is 5.82 Å². The Balaban J connectivity index is 1.91. The summed E-state index contributed by atoms with van der Waals surface area (Å²) >= 11 is 0. The van der Waals surface area contributed by atoms with Gasteiger partial charge in [-0.25, -0.2) is 14.4 Å². The van der Waals surface area contributed by atoms with E-state index in [1.807, 2.05) is 0 Å². The van der Waals surface area contributed by atoms with Crippen molar-refractivity contribution < 1.29 is 4.39 Å². The van der Waals surface area contributed by atoms with Gasteiger partial charge in [-0.3, -0.25) is 0 Å². The summed E-state index contributed by atoms with van der Waals surface area (Å²) in [5, 5.41) is 6.43. The number of aromatic nitrogens is 2. The van der Waals surface area contributed by atoms with Gasteiger partial charge in [-0.15, -0.1) is 0 Å². The van der Waals surface area contributed by atoms with Gasteiger partial charge < -0.3 is 10.6 Å². The molecule has 0 aliphatic carbocycles. The molecule has 1 aromatic heterocycles. The van der Waals surface area contributed by atoms with Crippen LogP contribution < -0.4 is 10.6 Å². The number of rotatable bonds is 3. The van der Waals surface area contributed by atoms with Crippen LogP contribution in [0.2, 0.25) is 0 Å². The number of nitrogens with one attached hydrogen (secondary N) is 2. The summed E-state index contributed by atoms with van der Waals surface area (Å²) in [5.74, 6) is -0.0433. The lowest BCUT2D eigenvalue weighted by molar-refractivity contribution is 0.413. The Morgan fingerprint density at radius 1 is 1.50 bits per heavy atom. The van der Waals surface area contributed by atoms with Crippen LogP contribution in [0.1, 0.15) is 25.0 Å². The Labute approximate surface area is 94.7 Å². The van der Waals surface area contributed by atoms with Crippen LogP contribution in [0.15, 0.2) is 6.33 Å². The summed E-state index contributed by atoms with van der Waals surface area (Å²) in [5.41, 5.74) is 0.383. The van der Waals surface area contributed by atoms with Crippen LogP contribution in [-0.4, -0.2) is 29.1 Å². The van der Waals surface area contributed by atoms with Gasteiger partial charge in [-0.05, 0) is 26.3 Å². The van der Waals surface area contributed by atoms with Gasteiger partial charge in [-0.2, -0.15) is 0 Å². The van der Waals surface area contributed by atoms with E-state index < -0.39 is 0 Å². The van der Waals surface area contributed by atoms with Crippen LogP contribution in [0.25, 0.3) is 0 Å². The average molecular weight is 224 g/mol. The molecule has 0 bridgehead atoms. The monoisotopic (exact) mass is 224 g/mol. The largest absolute Gasteiger partial charge is 0.366 e. The van der Waals surface area contributed by atoms with Crippen molar-refractivity contribution in [2.75, 3.05) is 18.4 Å². The molecule has 1 aliphatic heterocycles. The van der Waals surface area contributed by atoms with Crippen LogP contribution in [0.5, 0.6) is 0 Å². The van der Waals surface area contributed by atoms with E-state index in [4.69, 9.17) is 0 Å². The number of aryl methyl sites for hydroxylation is 1. The fraction of sp³-hybridized carbons (Fsp3) is 0.636. The molecule has 1 atom stereocenters. The van der Waals surface area contributed by atoms with Crippen molar-refractivity contribution in [3.05, 3.63) is 17.8 Å². The van der Waals surface area contributed by atoms with Gasteiger partial charge in [0, 0.05) is 12.6 Å². The van der Waals surface area contributed by atoms with E-state index in [2.05, 4.69) is 20.6 Å². The molecule has 2 N–H and O–H groups in total. The summed E-state index contributed by atoms with van der Waals surface area (Å²) in [7, 11) is 0. The predicted molar refractivity (Wildman–Crippen MR) is 60.9 cm³/mol. The molecule has 0 saturated carbocycles. The van der Waals surface area contributed by atoms with Gasteiger partial charge in [0.1, 0.15) is 6.33 Å². The second kappa shape index (κ2) is 5.21. The molecule has 2 heterocycles. The van der Waals surface area contributed by atoms with Gasteiger partial charge in [0.25, 0.3) is 0 Å². The van der Waals surface area contributed by atoms with Crippen molar-refractivity contribution in [1.29, 1.82) is 0 Å². The highest BCUT2D eigenvalue weighted by molar-refractivity contribution is 5.36. The van der Waals surface area contributed by atoms with Crippen molar-refractivity contribution in [3.63, 3.8) is 0 Å². The van der Waals surface area contributed by atoms with E-state index in [0.29, 0.717) is 24.1 Å². The summed E-state index contributed by atoms with van der Waals surface area (Å²) in [6, 6.07) is 0.420. The van der Waals surface area contributed by atoms with Gasteiger partial charge in [-0.1, -0.05) is 6.42 Å². The smallest absolute Gasteiger partial charge is 0.186 e. The predicted octanol–water partition coefficient (Wildman–Crippen LogP) is 1.48. The molecule has 1 saturated heterocycles. The number of halogens is 1. The lowest BCUT2D eigenvalue weighted by atomic mass is 10.1. The molecule has 0 radical (unpaired) electrons. The zero-order chi connectivity index (χ0) is 11.4. The molecule has 4 nitrogen and oxygen atoms in total. The number of nitrogens with zero attached hydrogens (tertiary/aromatic N) is 2. The van der Waals surface area contributed by atoms with Gasteiger partial charge in [0.05, 0.1) is 5.69 Å². The fourth-order valence-corrected chi connectivity index (χ4v) is 1.90. The van der Waals surface area contributed by atoms with Gasteiger partial charge in [0.2, 0.25) is 0 Å². The maximum Gasteiger partial charge on any atom is 0.186 e. The number of piperidine rings is 1. The molecule has 1 unspecified atom stereocenters. The Morgan fingerprint density at radius 2 is 2.38 bits per heavy atom. The average Bonchev–Trinajstić information content (AvgIpc) is 2.32. The molecule has 5 heteroatoms. The van der Waals surface area contributed by atoms with Gasteiger partial charge in [0.15, 0.2) is 11.6 Å². The molecule has 2 rings (SSSR count). The molecule has 16 heavy (non-hydrogen) atoms. The molecular formula is C11H17FN4. The minimum atomic E-state index is -0.349. The molecule has 1 aromatic rings. The standard InChI is InChI=1S/C11H17FN4/c1-8-10(12)11(16-7-15-8)14-6-9-4-2-3-5-13-9/h7,9,13H,2-6H2,1H3,(H,14,15,16). The minimum Gasteiger partial charge on any atom is -0.366 e. The second-order valence-corrected chi connectivity index (χ2v) is 4.15. The van der Waals surface area contributed by atoms with Crippen molar-refractivity contribution in [2.45, 2.75) is 32.2 Å². The van der Waals surface area contributed by atoms with E-state index in [9.17, 15) is 4.39 Å². The van der Waals surface area contributed by atoms with Crippen molar-refractivity contribution in [1.82, 2.24) is 15.3 Å². The summed E-state index contributed by atoms with van der Waals surface area (Å²) < 4.78 is 13.5. The Hall–Kier alpha value is -1.23. The van der Waals surface area contributed by atoms with E-state index in [-0.39, 0.29) is 5.82 Å². The zero-order valence-electron chi connectivity index (χ0n) is 9.46. The maximum absolute atomic E-state index is 13.5. The summed E-state index contributed by atoms with van der Waals surface area (Å²) in [4.78, 5) is 7.69. The highest BCUT2D eigenvalue weighted by Crippen LogP contribution is 2.13. The topological polar surface area (TPSA) is 49.8 Å². The molecular weight excluding hydrogens is 207 g/mol. The third-order valence-electron chi connectivity index (χ3n) is 2.89. The molecule has 88 valence electrons. The van der Waals surface area contributed by atoms with Crippen molar-refractivity contribution in [3.8, 4) is 0 Å². The minimum absolute atomic E-state index is 0.305. The quantitative estimate of drug-likeness (QED) is 0.816. The SMILES string of the molecule is Cc1ncnc(NCC2CCCCN2)c1F. The number of hydrogen-bond donors (Lipinski definition) is 2. The second-order valence-electron chi connectivity index (χ2n) is 4.15. The first kappa shape index (κ1) is 11.3. The van der Waals surface area contributed by atoms with Crippen LogP contribution in [0.3, 0.4) is 0 Å². The van der Waals surface area contributed by atoms with E-state index in [1.54, 1.807) is 6.92 Å². The van der Waals surface area contributed by atoms with Crippen LogP contribution in [0.4, 0.5) is 10.2 Å². The fourth-order valence-electron chi connectivity index (χ4n) is 1.90. The Kier molecular flexibility index (Phi) is 3.66. The number of anilines is 1. The number of hydrogen-bond acceptors (Lipinski definition) is 4. The van der Waals surface area contributed by atoms with Crippen LogP contribution >= 0.6 is 0 Å². The molecule has 1 aliphatic rings. The normalized spacial score (nSPS) is 20.8. The van der Waals surface area contributed by atoms with Crippen LogP contribution in [-0.2, 0) is 0 Å². The molecule has 0 amide bonds. The van der Waals surface area contributed by atoms with Crippen LogP contribution in [0, 0.1) is 12.7 Å². The van der Waals surface area contributed by atoms with Gasteiger partial charge >= 0.3 is 0 Å². The first-order chi connectivity index (χ1) is 7.77. The zero-order valence-corrected chi connectivity index (χ0v) is 9.46. The Morgan fingerprint density at radius 3 is 3.12 bits per heavy atom. The first-order valence-corrected chi connectivity index (χ1v) is 5.71. The molecule has 1 fully saturated rings. The lowest BCUT2D eigenvalue weighted by Crippen LogP contribution is -2.39. The highest BCUT2D eigenvalue weighted by Gasteiger charge is 2.13. The lowest BCUT2D eigenvalue weighted by Gasteiger charge is -2.23. The van der Waals surface area contributed by atoms with E-state index >= 15 is 0 Å². The molecule has 0 spiro atoms. The third-order valence-corrected chi connectivity index (χ3v) is 2.89. The first-order valence-electron chi connectivity index (χ1n) is 5.71. The van der Waals surface area contributed by atoms with Crippen molar-refractivity contribution in [2.24, 2.45) is 0 Å². The highest BCUT2D eigenvalue weighted by atomic mass is 19.1. The summed E-state index contributed by atoms with van der Waals surface area (Å²) in [6.07, 6.45) is 5.00.